The third kappa shape index (κ3) is 2.03. The van der Waals surface area contributed by atoms with E-state index in [0.29, 0.717) is 10.0 Å². The van der Waals surface area contributed by atoms with E-state index in [1.165, 1.54) is 22.7 Å². The Bertz CT molecular complexity index is 400. The molecule has 74 valence electrons. The highest BCUT2D eigenvalue weighted by atomic mass is 79.9. The molecule has 0 aromatic carbocycles. The van der Waals surface area contributed by atoms with E-state index in [-0.39, 0.29) is 0 Å². The van der Waals surface area contributed by atoms with Crippen molar-refractivity contribution in [1.29, 1.82) is 0 Å². The predicted molar refractivity (Wildman–Crippen MR) is 60.7 cm³/mol. The smallest absolute Gasteiger partial charge is 0.157 e. The first-order valence-electron chi connectivity index (χ1n) is 3.88. The van der Waals surface area contributed by atoms with Crippen LogP contribution in [-0.2, 0) is 0 Å². The lowest BCUT2D eigenvalue weighted by Gasteiger charge is -2.01. The fraction of sp³-hybridized carbons (Fsp3) is 0.250. The Balaban J connectivity index is 2.28. The Morgan fingerprint density at radius 2 is 1.93 bits per heavy atom. The second-order valence-electron chi connectivity index (χ2n) is 2.74. The summed E-state index contributed by atoms with van der Waals surface area (Å²) in [6.07, 6.45) is -0.690. The largest absolute Gasteiger partial charge is 0.379 e. The van der Waals surface area contributed by atoms with Crippen LogP contribution in [0.4, 0.5) is 0 Å². The maximum atomic E-state index is 9.89. The lowest BCUT2D eigenvalue weighted by molar-refractivity contribution is 0.219. The van der Waals surface area contributed by atoms with Gasteiger partial charge >= 0.3 is 0 Å². The summed E-state index contributed by atoms with van der Waals surface area (Å²) in [5, 5.41) is 15.0. The number of aliphatic hydroxyl groups is 1. The fourth-order valence-corrected chi connectivity index (χ4v) is 3.10. The van der Waals surface area contributed by atoms with Crippen LogP contribution in [0.15, 0.2) is 15.4 Å². The van der Waals surface area contributed by atoms with Gasteiger partial charge in [-0.1, -0.05) is 0 Å². The molecule has 0 radical (unpaired) electrons. The van der Waals surface area contributed by atoms with Crippen LogP contribution in [0.1, 0.15) is 21.8 Å². The van der Waals surface area contributed by atoms with Gasteiger partial charge < -0.3 is 5.11 Å². The molecule has 0 aliphatic carbocycles. The Morgan fingerprint density at radius 3 is 2.43 bits per heavy atom. The van der Waals surface area contributed by atoms with E-state index in [1.807, 2.05) is 17.7 Å². The first-order valence-corrected chi connectivity index (χ1v) is 6.43. The van der Waals surface area contributed by atoms with Crippen LogP contribution in [0, 0.1) is 6.92 Å². The van der Waals surface area contributed by atoms with E-state index < -0.39 is 6.10 Å². The van der Waals surface area contributed by atoms with Gasteiger partial charge in [0.2, 0.25) is 0 Å². The molecule has 0 aliphatic rings. The molecule has 2 aromatic heterocycles. The number of halogens is 1. The molecule has 0 saturated heterocycles. The second kappa shape index (κ2) is 4.06. The van der Waals surface area contributed by atoms with Crippen molar-refractivity contribution in [2.24, 2.45) is 0 Å². The molecule has 0 saturated carbocycles. The number of aryl methyl sites for hydroxylation is 1. The van der Waals surface area contributed by atoms with Crippen molar-refractivity contribution in [3.63, 3.8) is 0 Å². The van der Waals surface area contributed by atoms with Crippen molar-refractivity contribution >= 4 is 38.6 Å². The van der Waals surface area contributed by atoms with E-state index in [4.69, 9.17) is 0 Å². The molecule has 0 bridgehead atoms. The fourth-order valence-electron chi connectivity index (χ4n) is 0.996. The second-order valence-corrected chi connectivity index (χ2v) is 5.33. The molecule has 0 amide bonds. The van der Waals surface area contributed by atoms with E-state index >= 15 is 0 Å². The van der Waals surface area contributed by atoms with Gasteiger partial charge in [0.15, 0.2) is 6.10 Å². The van der Waals surface area contributed by atoms with Gasteiger partial charge in [0.05, 0.1) is 0 Å². The molecular formula is C8H7BrN2OS2. The van der Waals surface area contributed by atoms with E-state index in [9.17, 15) is 5.11 Å². The summed E-state index contributed by atoms with van der Waals surface area (Å²) in [6.45, 7) is 1.91. The molecule has 2 rings (SSSR count). The van der Waals surface area contributed by atoms with Crippen molar-refractivity contribution in [3.05, 3.63) is 31.1 Å². The van der Waals surface area contributed by atoms with Crippen molar-refractivity contribution in [2.45, 2.75) is 13.0 Å². The topological polar surface area (TPSA) is 46.0 Å². The molecule has 0 fully saturated rings. The van der Waals surface area contributed by atoms with Gasteiger partial charge in [-0.05, 0) is 22.9 Å². The number of rotatable bonds is 2. The average molecular weight is 291 g/mol. The zero-order chi connectivity index (χ0) is 10.1. The van der Waals surface area contributed by atoms with Crippen molar-refractivity contribution in [3.8, 4) is 0 Å². The molecule has 1 unspecified atom stereocenters. The summed E-state index contributed by atoms with van der Waals surface area (Å²) in [5.41, 5.74) is 0.930. The number of aliphatic hydroxyl groups excluding tert-OH is 1. The lowest BCUT2D eigenvalue weighted by atomic mass is 10.4. The minimum absolute atomic E-state index is 0.672. The van der Waals surface area contributed by atoms with Gasteiger partial charge in [-0.25, -0.2) is 9.97 Å². The zero-order valence-corrected chi connectivity index (χ0v) is 10.5. The summed E-state index contributed by atoms with van der Waals surface area (Å²) in [4.78, 5) is 8.36. The quantitative estimate of drug-likeness (QED) is 0.925. The number of thiazole rings is 2. The number of hydrogen-bond donors (Lipinski definition) is 1. The standard InChI is InChI=1S/C8H7BrN2OS2/c1-4-2-13-7(10-4)6(12)8-11-5(9)3-14-8/h2-3,6,12H,1H3. The molecular weight excluding hydrogens is 284 g/mol. The van der Waals surface area contributed by atoms with Crippen LogP contribution in [0.5, 0.6) is 0 Å². The van der Waals surface area contributed by atoms with E-state index in [0.717, 1.165) is 10.3 Å². The third-order valence-corrected chi connectivity index (χ3v) is 4.22. The van der Waals surface area contributed by atoms with E-state index in [1.54, 1.807) is 0 Å². The van der Waals surface area contributed by atoms with Crippen molar-refractivity contribution < 1.29 is 5.11 Å². The van der Waals surface area contributed by atoms with E-state index in [2.05, 4.69) is 25.9 Å². The summed E-state index contributed by atoms with van der Waals surface area (Å²) >= 11 is 6.12. The molecule has 14 heavy (non-hydrogen) atoms. The molecule has 6 heteroatoms. The molecule has 1 N–H and O–H groups in total. The number of hydrogen-bond acceptors (Lipinski definition) is 5. The highest BCUT2D eigenvalue weighted by molar-refractivity contribution is 9.10. The number of aromatic nitrogens is 2. The molecule has 0 spiro atoms. The average Bonchev–Trinajstić information content (AvgIpc) is 2.73. The summed E-state index contributed by atoms with van der Waals surface area (Å²) < 4.78 is 0.754. The highest BCUT2D eigenvalue weighted by Gasteiger charge is 2.17. The van der Waals surface area contributed by atoms with Crippen molar-refractivity contribution in [2.75, 3.05) is 0 Å². The summed E-state index contributed by atoms with van der Waals surface area (Å²) in [5.74, 6) is 0. The Hall–Kier alpha value is -0.300. The first-order chi connectivity index (χ1) is 6.66. The van der Waals surface area contributed by atoms with Gasteiger partial charge in [0.25, 0.3) is 0 Å². The van der Waals surface area contributed by atoms with Gasteiger partial charge in [-0.3, -0.25) is 0 Å². The minimum Gasteiger partial charge on any atom is -0.379 e. The minimum atomic E-state index is -0.690. The molecule has 0 aliphatic heterocycles. The molecule has 2 heterocycles. The first kappa shape index (κ1) is 10.2. The highest BCUT2D eigenvalue weighted by Crippen LogP contribution is 2.28. The van der Waals surface area contributed by atoms with Gasteiger partial charge in [0, 0.05) is 16.5 Å². The van der Waals surface area contributed by atoms with Gasteiger partial charge in [-0.2, -0.15) is 0 Å². The Kier molecular flexibility index (Phi) is 2.96. The molecule has 3 nitrogen and oxygen atoms in total. The predicted octanol–water partition coefficient (Wildman–Crippen LogP) is 2.75. The maximum Gasteiger partial charge on any atom is 0.157 e. The van der Waals surface area contributed by atoms with Gasteiger partial charge in [0.1, 0.15) is 14.6 Å². The van der Waals surface area contributed by atoms with Gasteiger partial charge in [-0.15, -0.1) is 22.7 Å². The van der Waals surface area contributed by atoms with Crippen LogP contribution < -0.4 is 0 Å². The zero-order valence-electron chi connectivity index (χ0n) is 7.27. The van der Waals surface area contributed by atoms with Crippen LogP contribution >= 0.6 is 38.6 Å². The molecule has 1 atom stereocenters. The monoisotopic (exact) mass is 290 g/mol. The van der Waals surface area contributed by atoms with Crippen LogP contribution in [0.25, 0.3) is 0 Å². The summed E-state index contributed by atoms with van der Waals surface area (Å²) in [6, 6.07) is 0. The SMILES string of the molecule is Cc1csc(C(O)c2nc(Br)cs2)n1. The Morgan fingerprint density at radius 1 is 1.29 bits per heavy atom. The van der Waals surface area contributed by atoms with Crippen LogP contribution in [0.3, 0.4) is 0 Å². The summed E-state index contributed by atoms with van der Waals surface area (Å²) in [7, 11) is 0. The lowest BCUT2D eigenvalue weighted by Crippen LogP contribution is -1.98. The number of nitrogens with zero attached hydrogens (tertiary/aromatic N) is 2. The van der Waals surface area contributed by atoms with Crippen molar-refractivity contribution in [1.82, 2.24) is 9.97 Å². The third-order valence-electron chi connectivity index (χ3n) is 1.60. The Labute approximate surface area is 97.6 Å². The van der Waals surface area contributed by atoms with Crippen LogP contribution in [0.2, 0.25) is 0 Å². The van der Waals surface area contributed by atoms with Crippen LogP contribution in [-0.4, -0.2) is 15.1 Å². The normalized spacial score (nSPS) is 13.1. The molecule has 2 aromatic rings. The maximum absolute atomic E-state index is 9.89.